The maximum absolute atomic E-state index is 13.0. The van der Waals surface area contributed by atoms with Gasteiger partial charge in [-0.3, -0.25) is 9.59 Å². The molecule has 0 spiro atoms. The van der Waals surface area contributed by atoms with Crippen LogP contribution in [0, 0.1) is 0 Å². The van der Waals surface area contributed by atoms with Gasteiger partial charge in [-0.2, -0.15) is 0 Å². The number of carbonyl (C=O) groups is 2. The van der Waals surface area contributed by atoms with Gasteiger partial charge in [0.15, 0.2) is 0 Å². The van der Waals surface area contributed by atoms with Crippen molar-refractivity contribution >= 4 is 34.2 Å². The van der Waals surface area contributed by atoms with Crippen LogP contribution >= 0.6 is 0 Å². The molecule has 2 amide bonds. The number of benzene rings is 1. The lowest BCUT2D eigenvalue weighted by molar-refractivity contribution is -0.133. The van der Waals surface area contributed by atoms with Gasteiger partial charge in [-0.15, -0.1) is 0 Å². The van der Waals surface area contributed by atoms with E-state index < -0.39 is 6.04 Å². The van der Waals surface area contributed by atoms with Crippen molar-refractivity contribution in [2.24, 2.45) is 0 Å². The average Bonchev–Trinajstić information content (AvgIpc) is 2.88. The summed E-state index contributed by atoms with van der Waals surface area (Å²) in [6, 6.07) is 7.15. The highest BCUT2D eigenvalue weighted by atomic mass is 16.5. The Balaban J connectivity index is 1.61. The lowest BCUT2D eigenvalue weighted by atomic mass is 10.0. The van der Waals surface area contributed by atoms with Gasteiger partial charge in [0.1, 0.15) is 23.9 Å². The number of ether oxygens (including phenoxy) is 1. The maximum atomic E-state index is 13.0. The number of rotatable bonds is 7. The summed E-state index contributed by atoms with van der Waals surface area (Å²) in [5.41, 5.74) is 2.85. The number of fused-ring (bicyclic) bond motifs is 1. The molecular formula is C26H31N7O3. The van der Waals surface area contributed by atoms with Gasteiger partial charge in [0.2, 0.25) is 17.7 Å². The van der Waals surface area contributed by atoms with E-state index in [1.165, 1.54) is 19.5 Å². The van der Waals surface area contributed by atoms with Crippen LogP contribution in [0.5, 0.6) is 5.88 Å². The summed E-state index contributed by atoms with van der Waals surface area (Å²) in [4.78, 5) is 42.4. The predicted molar refractivity (Wildman–Crippen MR) is 140 cm³/mol. The Morgan fingerprint density at radius 1 is 1.08 bits per heavy atom. The topological polar surface area (TPSA) is 113 Å². The maximum Gasteiger partial charge on any atom is 0.248 e. The minimum Gasteiger partial charge on any atom is -0.480 e. The van der Waals surface area contributed by atoms with Gasteiger partial charge in [0, 0.05) is 43.3 Å². The lowest BCUT2D eigenvalue weighted by Gasteiger charge is -2.34. The van der Waals surface area contributed by atoms with E-state index in [1.54, 1.807) is 19.2 Å². The van der Waals surface area contributed by atoms with E-state index in [2.05, 4.69) is 37.5 Å². The first kappa shape index (κ1) is 25.1. The van der Waals surface area contributed by atoms with Crippen molar-refractivity contribution in [3.63, 3.8) is 0 Å². The van der Waals surface area contributed by atoms with Crippen LogP contribution in [-0.2, 0) is 9.59 Å². The standard InChI is InChI=1S/C26H31N7O3/c1-5-6-23(34)31-22-14-19(15-27-25(22)36-4)18-7-8-21-20(13-18)24(29-16-28-21)30-17(2)26(35)33-11-9-32(3)10-12-33/h5-8,13-17H,9-12H2,1-4H3,(H,31,34)(H,28,29,30). The van der Waals surface area contributed by atoms with E-state index in [0.717, 1.165) is 35.1 Å². The fraction of sp³-hybridized carbons (Fsp3) is 0.346. The number of allylic oxidation sites excluding steroid dienone is 1. The minimum absolute atomic E-state index is 0.0480. The lowest BCUT2D eigenvalue weighted by Crippen LogP contribution is -2.51. The fourth-order valence-electron chi connectivity index (χ4n) is 4.11. The molecule has 10 heteroatoms. The number of anilines is 2. The molecule has 0 aliphatic carbocycles. The average molecular weight is 490 g/mol. The van der Waals surface area contributed by atoms with Gasteiger partial charge in [-0.05, 0) is 50.7 Å². The third-order valence-corrected chi connectivity index (χ3v) is 6.13. The number of methoxy groups -OCH3 is 1. The molecule has 1 atom stereocenters. The molecular weight excluding hydrogens is 458 g/mol. The highest BCUT2D eigenvalue weighted by Gasteiger charge is 2.24. The minimum atomic E-state index is -0.439. The summed E-state index contributed by atoms with van der Waals surface area (Å²) in [5, 5.41) is 6.86. The zero-order chi connectivity index (χ0) is 25.7. The zero-order valence-electron chi connectivity index (χ0n) is 21.0. The normalized spacial score (nSPS) is 15.2. The molecule has 0 saturated carbocycles. The van der Waals surface area contributed by atoms with Crippen molar-refractivity contribution in [3.05, 3.63) is 48.9 Å². The Bertz CT molecular complexity index is 1290. The molecule has 1 aliphatic heterocycles. The third-order valence-electron chi connectivity index (χ3n) is 6.13. The molecule has 1 fully saturated rings. The molecule has 1 aromatic carbocycles. The Kier molecular flexibility index (Phi) is 7.74. The molecule has 3 heterocycles. The van der Waals surface area contributed by atoms with E-state index >= 15 is 0 Å². The fourth-order valence-corrected chi connectivity index (χ4v) is 4.11. The number of carbonyl (C=O) groups excluding carboxylic acids is 2. The van der Waals surface area contributed by atoms with E-state index in [1.807, 2.05) is 36.1 Å². The monoisotopic (exact) mass is 489 g/mol. The van der Waals surface area contributed by atoms with Gasteiger partial charge in [-0.25, -0.2) is 15.0 Å². The van der Waals surface area contributed by atoms with E-state index in [4.69, 9.17) is 4.74 Å². The highest BCUT2D eigenvalue weighted by Crippen LogP contribution is 2.31. The summed E-state index contributed by atoms with van der Waals surface area (Å²) < 4.78 is 5.31. The summed E-state index contributed by atoms with van der Waals surface area (Å²) >= 11 is 0. The van der Waals surface area contributed by atoms with Crippen LogP contribution in [-0.4, -0.2) is 82.9 Å². The molecule has 10 nitrogen and oxygen atoms in total. The van der Waals surface area contributed by atoms with Crippen LogP contribution in [0.2, 0.25) is 0 Å². The summed E-state index contributed by atoms with van der Waals surface area (Å²) in [6.07, 6.45) is 6.26. The molecule has 36 heavy (non-hydrogen) atoms. The highest BCUT2D eigenvalue weighted by molar-refractivity contribution is 6.00. The molecule has 1 aliphatic rings. The number of hydrogen-bond donors (Lipinski definition) is 2. The number of hydrogen-bond acceptors (Lipinski definition) is 8. The van der Waals surface area contributed by atoms with Crippen molar-refractivity contribution < 1.29 is 14.3 Å². The van der Waals surface area contributed by atoms with Crippen LogP contribution in [0.1, 0.15) is 13.8 Å². The van der Waals surface area contributed by atoms with E-state index in [9.17, 15) is 9.59 Å². The van der Waals surface area contributed by atoms with Crippen molar-refractivity contribution in [1.29, 1.82) is 0 Å². The Hall–Kier alpha value is -4.05. The van der Waals surface area contributed by atoms with Crippen LogP contribution in [0.4, 0.5) is 11.5 Å². The molecule has 0 bridgehead atoms. The second-order valence-corrected chi connectivity index (χ2v) is 8.72. The smallest absolute Gasteiger partial charge is 0.248 e. The van der Waals surface area contributed by atoms with Crippen LogP contribution in [0.15, 0.2) is 48.9 Å². The Labute approximate surface area is 210 Å². The number of likely N-dealkylation sites (N-methyl/N-ethyl adjacent to an activating group) is 1. The molecule has 4 rings (SSSR count). The number of aromatic nitrogens is 3. The van der Waals surface area contributed by atoms with Crippen molar-refractivity contribution in [2.45, 2.75) is 19.9 Å². The third kappa shape index (κ3) is 5.60. The van der Waals surface area contributed by atoms with Crippen LogP contribution in [0.25, 0.3) is 22.0 Å². The van der Waals surface area contributed by atoms with Crippen molar-refractivity contribution in [1.82, 2.24) is 24.8 Å². The Morgan fingerprint density at radius 2 is 1.86 bits per heavy atom. The predicted octanol–water partition coefficient (Wildman–Crippen LogP) is 2.79. The second kappa shape index (κ2) is 11.1. The molecule has 1 unspecified atom stereocenters. The SMILES string of the molecule is CC=CC(=O)Nc1cc(-c2ccc3ncnc(NC(C)C(=O)N4CCN(C)CC4)c3c2)cnc1OC. The molecule has 3 aromatic rings. The van der Waals surface area contributed by atoms with Gasteiger partial charge < -0.3 is 25.2 Å². The first-order valence-corrected chi connectivity index (χ1v) is 11.9. The van der Waals surface area contributed by atoms with Crippen LogP contribution < -0.4 is 15.4 Å². The number of amides is 2. The first-order chi connectivity index (χ1) is 17.4. The largest absolute Gasteiger partial charge is 0.480 e. The number of nitrogens with zero attached hydrogens (tertiary/aromatic N) is 5. The summed E-state index contributed by atoms with van der Waals surface area (Å²) in [5.74, 6) is 0.679. The molecule has 188 valence electrons. The quantitative estimate of drug-likeness (QED) is 0.487. The molecule has 1 saturated heterocycles. The van der Waals surface area contributed by atoms with Crippen LogP contribution in [0.3, 0.4) is 0 Å². The number of piperazine rings is 1. The second-order valence-electron chi connectivity index (χ2n) is 8.72. The Morgan fingerprint density at radius 3 is 2.58 bits per heavy atom. The van der Waals surface area contributed by atoms with Gasteiger partial charge in [0.05, 0.1) is 12.6 Å². The first-order valence-electron chi connectivity index (χ1n) is 11.9. The molecule has 2 aromatic heterocycles. The number of nitrogens with one attached hydrogen (secondary N) is 2. The van der Waals surface area contributed by atoms with E-state index in [-0.39, 0.29) is 11.8 Å². The zero-order valence-corrected chi connectivity index (χ0v) is 21.0. The molecule has 0 radical (unpaired) electrons. The van der Waals surface area contributed by atoms with Gasteiger partial charge in [0.25, 0.3) is 0 Å². The number of pyridine rings is 1. The van der Waals surface area contributed by atoms with E-state index in [0.29, 0.717) is 30.5 Å². The van der Waals surface area contributed by atoms with Gasteiger partial charge >= 0.3 is 0 Å². The van der Waals surface area contributed by atoms with Crippen molar-refractivity contribution in [2.75, 3.05) is 51.0 Å². The van der Waals surface area contributed by atoms with Crippen molar-refractivity contribution in [3.8, 4) is 17.0 Å². The summed E-state index contributed by atoms with van der Waals surface area (Å²) in [7, 11) is 3.56. The van der Waals surface area contributed by atoms with Gasteiger partial charge in [-0.1, -0.05) is 12.1 Å². The summed E-state index contributed by atoms with van der Waals surface area (Å²) in [6.45, 7) is 6.79. The molecule has 2 N–H and O–H groups in total.